The fraction of sp³-hybridized carbons (Fsp3) is 0.0833. The molecule has 8 heteroatoms. The lowest BCUT2D eigenvalue weighted by Gasteiger charge is -2.16. The third-order valence-electron chi connectivity index (χ3n) is 4.76. The van der Waals surface area contributed by atoms with E-state index in [2.05, 4.69) is 15.4 Å². The number of likely N-dealkylation sites (N-methyl/N-ethyl adjacent to an activating group) is 1. The van der Waals surface area contributed by atoms with Crippen LogP contribution < -0.4 is 5.32 Å². The third-order valence-corrected chi connectivity index (χ3v) is 5.01. The van der Waals surface area contributed by atoms with E-state index in [1.807, 2.05) is 36.4 Å². The van der Waals surface area contributed by atoms with Gasteiger partial charge in [0.1, 0.15) is 5.69 Å². The normalized spacial score (nSPS) is 10.6. The number of carbonyl (C=O) groups is 2. The fourth-order valence-corrected chi connectivity index (χ4v) is 3.31. The summed E-state index contributed by atoms with van der Waals surface area (Å²) in [5, 5.41) is 7.96. The van der Waals surface area contributed by atoms with Crippen LogP contribution in [0.4, 0.5) is 5.69 Å². The summed E-state index contributed by atoms with van der Waals surface area (Å²) in [6.45, 7) is -0.121. The summed E-state index contributed by atoms with van der Waals surface area (Å²) in [4.78, 5) is 31.2. The molecule has 2 amide bonds. The highest BCUT2D eigenvalue weighted by Crippen LogP contribution is 2.24. The van der Waals surface area contributed by atoms with Gasteiger partial charge in [-0.2, -0.15) is 5.10 Å². The molecule has 0 spiro atoms. The van der Waals surface area contributed by atoms with Crippen LogP contribution in [-0.2, 0) is 4.79 Å². The van der Waals surface area contributed by atoms with Crippen LogP contribution in [0, 0.1) is 0 Å². The molecule has 0 unspecified atom stereocenters. The second-order valence-electron chi connectivity index (χ2n) is 7.13. The van der Waals surface area contributed by atoms with Gasteiger partial charge >= 0.3 is 0 Å². The van der Waals surface area contributed by atoms with Crippen molar-refractivity contribution in [1.29, 1.82) is 0 Å². The highest BCUT2D eigenvalue weighted by Gasteiger charge is 2.23. The number of rotatable bonds is 6. The molecular formula is C24H20ClN5O2. The topological polar surface area (TPSA) is 80.1 Å². The Kier molecular flexibility index (Phi) is 6.28. The van der Waals surface area contributed by atoms with E-state index in [4.69, 9.17) is 11.6 Å². The van der Waals surface area contributed by atoms with Gasteiger partial charge in [-0.3, -0.25) is 14.6 Å². The van der Waals surface area contributed by atoms with E-state index in [0.717, 1.165) is 5.69 Å². The Morgan fingerprint density at radius 2 is 1.78 bits per heavy atom. The average Bonchev–Trinajstić information content (AvgIpc) is 3.26. The van der Waals surface area contributed by atoms with Gasteiger partial charge in [-0.15, -0.1) is 0 Å². The Balaban J connectivity index is 1.58. The molecule has 0 atom stereocenters. The summed E-state index contributed by atoms with van der Waals surface area (Å²) in [7, 11) is 1.58. The van der Waals surface area contributed by atoms with Crippen molar-refractivity contribution in [2.75, 3.05) is 18.9 Å². The fourth-order valence-electron chi connectivity index (χ4n) is 3.19. The molecule has 160 valence electrons. The van der Waals surface area contributed by atoms with Crippen molar-refractivity contribution in [3.8, 4) is 16.9 Å². The molecule has 0 saturated heterocycles. The van der Waals surface area contributed by atoms with Crippen LogP contribution >= 0.6 is 11.6 Å². The smallest absolute Gasteiger partial charge is 0.257 e. The number of hydrogen-bond acceptors (Lipinski definition) is 4. The summed E-state index contributed by atoms with van der Waals surface area (Å²) in [5.41, 5.74) is 3.01. The predicted molar refractivity (Wildman–Crippen MR) is 124 cm³/mol. The van der Waals surface area contributed by atoms with Crippen molar-refractivity contribution in [2.24, 2.45) is 0 Å². The lowest BCUT2D eigenvalue weighted by Crippen LogP contribution is -2.35. The van der Waals surface area contributed by atoms with Gasteiger partial charge in [0.2, 0.25) is 5.91 Å². The number of benzene rings is 2. The van der Waals surface area contributed by atoms with Crippen LogP contribution in [0.15, 0.2) is 85.3 Å². The minimum Gasteiger partial charge on any atom is -0.332 e. The first-order valence-corrected chi connectivity index (χ1v) is 10.3. The predicted octanol–water partition coefficient (Wildman–Crippen LogP) is 4.30. The van der Waals surface area contributed by atoms with Gasteiger partial charge in [-0.1, -0.05) is 29.8 Å². The lowest BCUT2D eigenvalue weighted by molar-refractivity contribution is -0.116. The zero-order valence-electron chi connectivity index (χ0n) is 17.3. The Hall–Kier alpha value is -3.97. The van der Waals surface area contributed by atoms with Crippen LogP contribution in [0.3, 0.4) is 0 Å². The van der Waals surface area contributed by atoms with Crippen molar-refractivity contribution < 1.29 is 9.59 Å². The first kappa shape index (κ1) is 21.3. The maximum Gasteiger partial charge on any atom is 0.257 e. The second-order valence-corrected chi connectivity index (χ2v) is 7.57. The molecule has 1 N–H and O–H groups in total. The van der Waals surface area contributed by atoms with Crippen molar-refractivity contribution in [2.45, 2.75) is 0 Å². The van der Waals surface area contributed by atoms with E-state index in [0.29, 0.717) is 27.5 Å². The van der Waals surface area contributed by atoms with Crippen LogP contribution in [0.2, 0.25) is 5.02 Å². The van der Waals surface area contributed by atoms with Crippen LogP contribution in [0.25, 0.3) is 16.9 Å². The van der Waals surface area contributed by atoms with Crippen molar-refractivity contribution >= 4 is 29.1 Å². The maximum atomic E-state index is 13.3. The highest BCUT2D eigenvalue weighted by molar-refractivity contribution is 6.30. The van der Waals surface area contributed by atoms with Gasteiger partial charge in [-0.05, 0) is 48.5 Å². The van der Waals surface area contributed by atoms with Gasteiger partial charge in [0.05, 0.1) is 17.8 Å². The summed E-state index contributed by atoms with van der Waals surface area (Å²) < 4.78 is 1.65. The third kappa shape index (κ3) is 4.84. The number of anilines is 1. The molecule has 7 nitrogen and oxygen atoms in total. The highest BCUT2D eigenvalue weighted by atomic mass is 35.5. The summed E-state index contributed by atoms with van der Waals surface area (Å²) in [6.07, 6.45) is 4.99. The maximum absolute atomic E-state index is 13.3. The van der Waals surface area contributed by atoms with E-state index in [1.165, 1.54) is 4.90 Å². The average molecular weight is 446 g/mol. The Morgan fingerprint density at radius 1 is 1.03 bits per heavy atom. The lowest BCUT2D eigenvalue weighted by atomic mass is 10.1. The van der Waals surface area contributed by atoms with Gasteiger partial charge in [0.15, 0.2) is 0 Å². The first-order valence-electron chi connectivity index (χ1n) is 9.87. The van der Waals surface area contributed by atoms with Crippen molar-refractivity contribution in [3.63, 3.8) is 0 Å². The monoisotopic (exact) mass is 445 g/mol. The molecule has 4 rings (SSSR count). The number of nitrogens with one attached hydrogen (secondary N) is 1. The molecule has 0 aliphatic rings. The van der Waals surface area contributed by atoms with E-state index in [1.54, 1.807) is 60.7 Å². The SMILES string of the molecule is CN(CC(=O)Nc1ccc(Cl)cc1)C(=O)c1cn(-c2ccccc2)nc1-c1cccnc1. The Morgan fingerprint density at radius 3 is 2.47 bits per heavy atom. The number of para-hydroxylation sites is 1. The van der Waals surface area contributed by atoms with E-state index in [-0.39, 0.29) is 18.4 Å². The van der Waals surface area contributed by atoms with Crippen LogP contribution in [0.1, 0.15) is 10.4 Å². The van der Waals surface area contributed by atoms with Crippen LogP contribution in [-0.4, -0.2) is 45.1 Å². The van der Waals surface area contributed by atoms with Gasteiger partial charge in [0.25, 0.3) is 5.91 Å². The molecule has 0 aliphatic heterocycles. The quantitative estimate of drug-likeness (QED) is 0.480. The molecule has 2 aromatic heterocycles. The van der Waals surface area contributed by atoms with Gasteiger partial charge < -0.3 is 10.2 Å². The molecule has 4 aromatic rings. The number of halogens is 1. The molecule has 32 heavy (non-hydrogen) atoms. The number of carbonyl (C=O) groups excluding carboxylic acids is 2. The zero-order valence-corrected chi connectivity index (χ0v) is 18.0. The molecule has 0 bridgehead atoms. The van der Waals surface area contributed by atoms with E-state index in [9.17, 15) is 9.59 Å². The van der Waals surface area contributed by atoms with Crippen molar-refractivity contribution in [1.82, 2.24) is 19.7 Å². The number of aromatic nitrogens is 3. The van der Waals surface area contributed by atoms with Crippen molar-refractivity contribution in [3.05, 3.63) is 95.9 Å². The summed E-state index contributed by atoms with van der Waals surface area (Å²) >= 11 is 5.88. The number of hydrogen-bond donors (Lipinski definition) is 1. The largest absolute Gasteiger partial charge is 0.332 e. The minimum absolute atomic E-state index is 0.121. The molecular weight excluding hydrogens is 426 g/mol. The zero-order chi connectivity index (χ0) is 22.5. The van der Waals surface area contributed by atoms with Crippen LogP contribution in [0.5, 0.6) is 0 Å². The number of amides is 2. The standard InChI is InChI=1S/C24H20ClN5O2/c1-29(16-22(31)27-19-11-9-18(25)10-12-19)24(32)21-15-30(20-7-3-2-4-8-20)28-23(21)17-6-5-13-26-14-17/h2-15H,16H2,1H3,(H,27,31). The van der Waals surface area contributed by atoms with Gasteiger partial charge in [0, 0.05) is 41.9 Å². The molecule has 2 aromatic carbocycles. The Bertz CT molecular complexity index is 1220. The molecule has 2 heterocycles. The molecule has 0 fully saturated rings. The first-order chi connectivity index (χ1) is 15.5. The summed E-state index contributed by atoms with van der Waals surface area (Å²) in [5.74, 6) is -0.640. The van der Waals surface area contributed by atoms with Gasteiger partial charge in [-0.25, -0.2) is 4.68 Å². The Labute approximate surface area is 190 Å². The summed E-state index contributed by atoms with van der Waals surface area (Å²) in [6, 6.07) is 19.9. The molecule has 0 radical (unpaired) electrons. The molecule has 0 saturated carbocycles. The number of pyridine rings is 1. The second kappa shape index (κ2) is 9.45. The number of nitrogens with zero attached hydrogens (tertiary/aromatic N) is 4. The van der Waals surface area contributed by atoms with E-state index >= 15 is 0 Å². The minimum atomic E-state index is -0.322. The van der Waals surface area contributed by atoms with E-state index < -0.39 is 0 Å². The molecule has 0 aliphatic carbocycles.